The van der Waals surface area contributed by atoms with Crippen LogP contribution in [0.4, 0.5) is 5.69 Å². The third kappa shape index (κ3) is 5.02. The third-order valence-corrected chi connectivity index (χ3v) is 3.62. The second-order valence-electron chi connectivity index (χ2n) is 4.86. The van der Waals surface area contributed by atoms with Crippen molar-refractivity contribution in [2.45, 2.75) is 39.7 Å². The van der Waals surface area contributed by atoms with Gasteiger partial charge < -0.3 is 15.4 Å². The van der Waals surface area contributed by atoms with Gasteiger partial charge in [0.1, 0.15) is 5.75 Å². The molecule has 0 bridgehead atoms. The molecule has 0 aliphatic heterocycles. The van der Waals surface area contributed by atoms with Crippen molar-refractivity contribution in [3.63, 3.8) is 0 Å². The van der Waals surface area contributed by atoms with Crippen LogP contribution < -0.4 is 15.4 Å². The summed E-state index contributed by atoms with van der Waals surface area (Å²) in [5, 5.41) is 6.77. The highest BCUT2D eigenvalue weighted by Gasteiger charge is 2.10. The Balaban J connectivity index is 2.59. The second-order valence-corrected chi connectivity index (χ2v) is 5.27. The molecule has 0 saturated heterocycles. The number of carbonyl (C=O) groups excluding carboxylic acids is 1. The number of nitrogens with one attached hydrogen (secondary N) is 2. The number of benzene rings is 1. The molecule has 1 aromatic rings. The van der Waals surface area contributed by atoms with Crippen LogP contribution in [-0.2, 0) is 4.79 Å². The van der Waals surface area contributed by atoms with E-state index in [1.807, 2.05) is 13.0 Å². The molecular weight excluding hydrogens is 276 g/mol. The molecule has 112 valence electrons. The standard InChI is InChI=1S/C15H23ClN2O2/c1-5-11(3)17-7-6-15(19)18-13-8-10(2)12(16)9-14(13)20-4/h8-9,11,17H,5-7H2,1-4H3,(H,18,19). The highest BCUT2D eigenvalue weighted by Crippen LogP contribution is 2.30. The lowest BCUT2D eigenvalue weighted by Gasteiger charge is -2.13. The number of halogens is 1. The molecule has 1 aromatic carbocycles. The van der Waals surface area contributed by atoms with E-state index in [0.717, 1.165) is 12.0 Å². The lowest BCUT2D eigenvalue weighted by atomic mass is 10.2. The molecule has 0 aromatic heterocycles. The summed E-state index contributed by atoms with van der Waals surface area (Å²) in [5.74, 6) is 0.532. The van der Waals surface area contributed by atoms with Crippen LogP contribution in [0.5, 0.6) is 5.75 Å². The van der Waals surface area contributed by atoms with E-state index in [-0.39, 0.29) is 5.91 Å². The van der Waals surface area contributed by atoms with Crippen LogP contribution in [0.25, 0.3) is 0 Å². The molecule has 0 aliphatic rings. The van der Waals surface area contributed by atoms with Crippen molar-refractivity contribution in [1.82, 2.24) is 5.32 Å². The summed E-state index contributed by atoms with van der Waals surface area (Å²) in [6, 6.07) is 3.96. The fourth-order valence-corrected chi connectivity index (χ4v) is 1.87. The Kier molecular flexibility index (Phi) is 6.82. The van der Waals surface area contributed by atoms with Crippen molar-refractivity contribution in [2.24, 2.45) is 0 Å². The van der Waals surface area contributed by atoms with Crippen molar-refractivity contribution < 1.29 is 9.53 Å². The Morgan fingerprint density at radius 3 is 2.75 bits per heavy atom. The number of hydrogen-bond acceptors (Lipinski definition) is 3. The predicted octanol–water partition coefficient (Wildman–Crippen LogP) is 3.37. The van der Waals surface area contributed by atoms with Gasteiger partial charge in [-0.3, -0.25) is 4.79 Å². The number of carbonyl (C=O) groups is 1. The summed E-state index contributed by atoms with van der Waals surface area (Å²) in [6.07, 6.45) is 1.47. The van der Waals surface area contributed by atoms with Crippen LogP contribution in [-0.4, -0.2) is 25.6 Å². The topological polar surface area (TPSA) is 50.4 Å². The minimum Gasteiger partial charge on any atom is -0.495 e. The maximum atomic E-state index is 11.9. The Morgan fingerprint density at radius 1 is 1.45 bits per heavy atom. The van der Waals surface area contributed by atoms with E-state index in [4.69, 9.17) is 16.3 Å². The zero-order chi connectivity index (χ0) is 15.1. The van der Waals surface area contributed by atoms with E-state index in [1.54, 1.807) is 13.2 Å². The monoisotopic (exact) mass is 298 g/mol. The van der Waals surface area contributed by atoms with Gasteiger partial charge in [-0.25, -0.2) is 0 Å². The molecule has 1 atom stereocenters. The normalized spacial score (nSPS) is 12.1. The van der Waals surface area contributed by atoms with Crippen molar-refractivity contribution in [2.75, 3.05) is 19.0 Å². The van der Waals surface area contributed by atoms with Gasteiger partial charge in [-0.05, 0) is 31.9 Å². The summed E-state index contributed by atoms with van der Waals surface area (Å²) >= 11 is 6.03. The molecule has 1 amide bonds. The molecule has 20 heavy (non-hydrogen) atoms. The summed E-state index contributed by atoms with van der Waals surface area (Å²) in [4.78, 5) is 11.9. The first kappa shape index (κ1) is 16.8. The number of ether oxygens (including phenoxy) is 1. The third-order valence-electron chi connectivity index (χ3n) is 3.21. The molecule has 0 fully saturated rings. The lowest BCUT2D eigenvalue weighted by Crippen LogP contribution is -2.29. The Bertz CT molecular complexity index is 463. The molecule has 0 heterocycles. The van der Waals surface area contributed by atoms with Gasteiger partial charge in [0.25, 0.3) is 0 Å². The van der Waals surface area contributed by atoms with Crippen molar-refractivity contribution in [3.8, 4) is 5.75 Å². The van der Waals surface area contributed by atoms with E-state index >= 15 is 0 Å². The second kappa shape index (κ2) is 8.12. The fourth-order valence-electron chi connectivity index (χ4n) is 1.72. The van der Waals surface area contributed by atoms with Gasteiger partial charge in [0.2, 0.25) is 5.91 Å². The largest absolute Gasteiger partial charge is 0.495 e. The summed E-state index contributed by atoms with van der Waals surface area (Å²) in [7, 11) is 1.56. The molecule has 0 aliphatic carbocycles. The van der Waals surface area contributed by atoms with Crippen LogP contribution in [0.15, 0.2) is 12.1 Å². The van der Waals surface area contributed by atoms with E-state index in [2.05, 4.69) is 24.5 Å². The molecule has 0 saturated carbocycles. The lowest BCUT2D eigenvalue weighted by molar-refractivity contribution is -0.116. The number of aryl methyl sites for hydroxylation is 1. The zero-order valence-corrected chi connectivity index (χ0v) is 13.3. The van der Waals surface area contributed by atoms with E-state index < -0.39 is 0 Å². The molecule has 5 heteroatoms. The van der Waals surface area contributed by atoms with Crippen LogP contribution in [0.3, 0.4) is 0 Å². The summed E-state index contributed by atoms with van der Waals surface area (Å²) in [5.41, 5.74) is 1.56. The Morgan fingerprint density at radius 2 is 2.15 bits per heavy atom. The SMILES string of the molecule is CCC(C)NCCC(=O)Nc1cc(C)c(Cl)cc1OC. The Hall–Kier alpha value is -1.26. The van der Waals surface area contributed by atoms with Crippen molar-refractivity contribution >= 4 is 23.2 Å². The van der Waals surface area contributed by atoms with Gasteiger partial charge in [0.05, 0.1) is 12.8 Å². The predicted molar refractivity (Wildman–Crippen MR) is 83.7 cm³/mol. The van der Waals surface area contributed by atoms with Gasteiger partial charge in [-0.2, -0.15) is 0 Å². The van der Waals surface area contributed by atoms with Gasteiger partial charge in [0.15, 0.2) is 0 Å². The maximum Gasteiger partial charge on any atom is 0.225 e. The number of hydrogen-bond donors (Lipinski definition) is 2. The van der Waals surface area contributed by atoms with Crippen molar-refractivity contribution in [3.05, 3.63) is 22.7 Å². The van der Waals surface area contributed by atoms with Crippen LogP contribution >= 0.6 is 11.6 Å². The van der Waals surface area contributed by atoms with Crippen LogP contribution in [0.2, 0.25) is 5.02 Å². The maximum absolute atomic E-state index is 11.9. The summed E-state index contributed by atoms with van der Waals surface area (Å²) < 4.78 is 5.23. The average molecular weight is 299 g/mol. The quantitative estimate of drug-likeness (QED) is 0.811. The van der Waals surface area contributed by atoms with Gasteiger partial charge in [-0.15, -0.1) is 0 Å². The van der Waals surface area contributed by atoms with Crippen LogP contribution in [0, 0.1) is 6.92 Å². The van der Waals surface area contributed by atoms with Gasteiger partial charge in [-0.1, -0.05) is 18.5 Å². The molecule has 1 rings (SSSR count). The van der Waals surface area contributed by atoms with E-state index in [9.17, 15) is 4.79 Å². The molecule has 0 radical (unpaired) electrons. The number of rotatable bonds is 7. The van der Waals surface area contributed by atoms with Gasteiger partial charge >= 0.3 is 0 Å². The first-order valence-corrected chi connectivity index (χ1v) is 7.23. The number of anilines is 1. The average Bonchev–Trinajstić information content (AvgIpc) is 2.42. The molecule has 1 unspecified atom stereocenters. The minimum atomic E-state index is -0.0409. The highest BCUT2D eigenvalue weighted by atomic mass is 35.5. The van der Waals surface area contributed by atoms with E-state index in [1.165, 1.54) is 0 Å². The molecule has 0 spiro atoms. The molecular formula is C15H23ClN2O2. The number of methoxy groups -OCH3 is 1. The highest BCUT2D eigenvalue weighted by molar-refractivity contribution is 6.31. The fraction of sp³-hybridized carbons (Fsp3) is 0.533. The first-order valence-electron chi connectivity index (χ1n) is 6.85. The van der Waals surface area contributed by atoms with E-state index in [0.29, 0.717) is 35.5 Å². The molecule has 2 N–H and O–H groups in total. The van der Waals surface area contributed by atoms with Crippen molar-refractivity contribution in [1.29, 1.82) is 0 Å². The smallest absolute Gasteiger partial charge is 0.225 e. The van der Waals surface area contributed by atoms with Crippen LogP contribution in [0.1, 0.15) is 32.3 Å². The summed E-state index contributed by atoms with van der Waals surface area (Å²) in [6.45, 7) is 6.76. The first-order chi connectivity index (χ1) is 9.47. The molecule has 4 nitrogen and oxygen atoms in total. The van der Waals surface area contributed by atoms with Gasteiger partial charge in [0, 0.05) is 30.1 Å². The number of amides is 1. The zero-order valence-electron chi connectivity index (χ0n) is 12.5. The minimum absolute atomic E-state index is 0.0409. The Labute approximate surface area is 125 Å².